The summed E-state index contributed by atoms with van der Waals surface area (Å²) in [5.41, 5.74) is -0.241. The molecule has 6 heteroatoms. The molecule has 1 aromatic rings. The number of hydrogen-bond acceptors (Lipinski definition) is 2. The molecule has 0 aliphatic carbocycles. The zero-order chi connectivity index (χ0) is 15.6. The van der Waals surface area contributed by atoms with Gasteiger partial charge in [0.05, 0.1) is 11.6 Å². The van der Waals surface area contributed by atoms with Gasteiger partial charge in [0.15, 0.2) is 0 Å². The summed E-state index contributed by atoms with van der Waals surface area (Å²) < 4.78 is 38.1. The van der Waals surface area contributed by atoms with Crippen molar-refractivity contribution in [2.24, 2.45) is 11.8 Å². The summed E-state index contributed by atoms with van der Waals surface area (Å²) in [6.07, 6.45) is -4.37. The van der Waals surface area contributed by atoms with E-state index >= 15 is 0 Å². The van der Waals surface area contributed by atoms with Crippen LogP contribution in [-0.4, -0.2) is 19.0 Å². The summed E-state index contributed by atoms with van der Waals surface area (Å²) in [4.78, 5) is 12.1. The van der Waals surface area contributed by atoms with Gasteiger partial charge < -0.3 is 10.6 Å². The number of rotatable bonds is 4. The van der Waals surface area contributed by atoms with Crippen molar-refractivity contribution in [1.82, 2.24) is 10.6 Å². The van der Waals surface area contributed by atoms with Gasteiger partial charge in [-0.2, -0.15) is 13.2 Å². The Labute approximate surface area is 121 Å². The summed E-state index contributed by atoms with van der Waals surface area (Å²) >= 11 is 0. The average Bonchev–Trinajstić information content (AvgIpc) is 2.35. The van der Waals surface area contributed by atoms with Crippen molar-refractivity contribution in [3.8, 4) is 0 Å². The van der Waals surface area contributed by atoms with Crippen LogP contribution < -0.4 is 10.6 Å². The quantitative estimate of drug-likeness (QED) is 0.897. The Hall–Kier alpha value is -1.56. The highest BCUT2D eigenvalue weighted by Crippen LogP contribution is 2.30. The highest BCUT2D eigenvalue weighted by atomic mass is 19.4. The van der Waals surface area contributed by atoms with Crippen molar-refractivity contribution in [2.75, 3.05) is 13.1 Å². The van der Waals surface area contributed by atoms with Crippen molar-refractivity contribution in [2.45, 2.75) is 26.1 Å². The molecule has 0 bridgehead atoms. The van der Waals surface area contributed by atoms with Crippen LogP contribution in [0.4, 0.5) is 13.2 Å². The summed E-state index contributed by atoms with van der Waals surface area (Å²) in [6, 6.07) is 4.62. The standard InChI is InChI=1S/C15H19F3N2O/c1-9(12-7-19-8-12)14(21)20-10(2)11-4-3-5-13(6-11)15(16,17)18/h3-6,9-10,12,19H,7-8H2,1-2H3,(H,20,21). The number of carbonyl (C=O) groups is 1. The van der Waals surface area contributed by atoms with Gasteiger partial charge >= 0.3 is 6.18 Å². The molecular formula is C15H19F3N2O. The van der Waals surface area contributed by atoms with Crippen molar-refractivity contribution in [1.29, 1.82) is 0 Å². The minimum Gasteiger partial charge on any atom is -0.349 e. The zero-order valence-corrected chi connectivity index (χ0v) is 12.0. The Balaban J connectivity index is 2.02. The van der Waals surface area contributed by atoms with Crippen LogP contribution in [0.25, 0.3) is 0 Å². The number of amides is 1. The van der Waals surface area contributed by atoms with Crippen LogP contribution in [-0.2, 0) is 11.0 Å². The molecular weight excluding hydrogens is 281 g/mol. The van der Waals surface area contributed by atoms with Gasteiger partial charge in [-0.15, -0.1) is 0 Å². The molecule has 1 heterocycles. The van der Waals surface area contributed by atoms with E-state index in [1.54, 1.807) is 13.0 Å². The summed E-state index contributed by atoms with van der Waals surface area (Å²) in [6.45, 7) is 5.16. The van der Waals surface area contributed by atoms with E-state index in [1.165, 1.54) is 6.07 Å². The molecule has 2 unspecified atom stereocenters. The second kappa shape index (κ2) is 6.05. The van der Waals surface area contributed by atoms with E-state index in [-0.39, 0.29) is 11.8 Å². The van der Waals surface area contributed by atoms with Crippen LogP contribution >= 0.6 is 0 Å². The number of carbonyl (C=O) groups excluding carboxylic acids is 1. The SMILES string of the molecule is CC(NC(=O)C(C)C1CNC1)c1cccc(C(F)(F)F)c1. The highest BCUT2D eigenvalue weighted by molar-refractivity contribution is 5.79. The zero-order valence-electron chi connectivity index (χ0n) is 12.0. The van der Waals surface area contributed by atoms with E-state index < -0.39 is 17.8 Å². The van der Waals surface area contributed by atoms with Crippen LogP contribution in [0.2, 0.25) is 0 Å². The lowest BCUT2D eigenvalue weighted by molar-refractivity contribution is -0.137. The Kier molecular flexibility index (Phi) is 4.56. The molecule has 3 nitrogen and oxygen atoms in total. The van der Waals surface area contributed by atoms with Gasteiger partial charge in [0.2, 0.25) is 5.91 Å². The van der Waals surface area contributed by atoms with E-state index in [0.29, 0.717) is 11.5 Å². The first-order valence-electron chi connectivity index (χ1n) is 6.97. The third-order valence-electron chi connectivity index (χ3n) is 4.01. The lowest BCUT2D eigenvalue weighted by Crippen LogP contribution is -2.49. The van der Waals surface area contributed by atoms with Crippen LogP contribution in [0, 0.1) is 11.8 Å². The molecule has 0 spiro atoms. The minimum absolute atomic E-state index is 0.119. The topological polar surface area (TPSA) is 41.1 Å². The Morgan fingerprint density at radius 1 is 1.33 bits per heavy atom. The van der Waals surface area contributed by atoms with E-state index in [0.717, 1.165) is 25.2 Å². The van der Waals surface area contributed by atoms with Crippen LogP contribution in [0.3, 0.4) is 0 Å². The van der Waals surface area contributed by atoms with Crippen LogP contribution in [0.1, 0.15) is 31.0 Å². The largest absolute Gasteiger partial charge is 0.416 e. The van der Waals surface area contributed by atoms with Crippen molar-refractivity contribution < 1.29 is 18.0 Å². The molecule has 2 atom stereocenters. The van der Waals surface area contributed by atoms with Gasteiger partial charge in [-0.25, -0.2) is 0 Å². The molecule has 1 aromatic carbocycles. The molecule has 2 rings (SSSR count). The van der Waals surface area contributed by atoms with Gasteiger partial charge in [-0.3, -0.25) is 4.79 Å². The Morgan fingerprint density at radius 2 is 2.00 bits per heavy atom. The second-order valence-electron chi connectivity index (χ2n) is 5.56. The minimum atomic E-state index is -4.37. The predicted molar refractivity (Wildman–Crippen MR) is 73.5 cm³/mol. The number of halogens is 3. The molecule has 1 aliphatic rings. The molecule has 0 radical (unpaired) electrons. The lowest BCUT2D eigenvalue weighted by Gasteiger charge is -2.32. The molecule has 1 amide bonds. The Bertz CT molecular complexity index is 512. The summed E-state index contributed by atoms with van der Waals surface area (Å²) in [5, 5.41) is 5.89. The first kappa shape index (κ1) is 15.8. The maximum atomic E-state index is 12.7. The fraction of sp³-hybridized carbons (Fsp3) is 0.533. The van der Waals surface area contributed by atoms with E-state index in [1.807, 2.05) is 6.92 Å². The maximum Gasteiger partial charge on any atom is 0.416 e. The van der Waals surface area contributed by atoms with E-state index in [9.17, 15) is 18.0 Å². The lowest BCUT2D eigenvalue weighted by atomic mass is 9.88. The monoisotopic (exact) mass is 300 g/mol. The predicted octanol–water partition coefficient (Wildman–Crippen LogP) is 2.74. The molecule has 116 valence electrons. The third kappa shape index (κ3) is 3.75. The number of benzene rings is 1. The number of alkyl halides is 3. The molecule has 21 heavy (non-hydrogen) atoms. The first-order chi connectivity index (χ1) is 9.79. The Morgan fingerprint density at radius 3 is 2.52 bits per heavy atom. The van der Waals surface area contributed by atoms with Crippen LogP contribution in [0.15, 0.2) is 24.3 Å². The summed E-state index contributed by atoms with van der Waals surface area (Å²) in [5.74, 6) is 0.0459. The molecule has 1 aliphatic heterocycles. The second-order valence-corrected chi connectivity index (χ2v) is 5.56. The smallest absolute Gasteiger partial charge is 0.349 e. The third-order valence-corrected chi connectivity index (χ3v) is 4.01. The number of hydrogen-bond donors (Lipinski definition) is 2. The molecule has 2 N–H and O–H groups in total. The molecule has 0 saturated carbocycles. The van der Waals surface area contributed by atoms with E-state index in [2.05, 4.69) is 10.6 Å². The van der Waals surface area contributed by atoms with Gasteiger partial charge in [-0.05, 0) is 43.6 Å². The number of nitrogens with one attached hydrogen (secondary N) is 2. The van der Waals surface area contributed by atoms with Crippen molar-refractivity contribution in [3.63, 3.8) is 0 Å². The van der Waals surface area contributed by atoms with Gasteiger partial charge in [0.25, 0.3) is 0 Å². The van der Waals surface area contributed by atoms with Crippen LogP contribution in [0.5, 0.6) is 0 Å². The normalized spacial score (nSPS) is 18.7. The van der Waals surface area contributed by atoms with Gasteiger partial charge in [0, 0.05) is 5.92 Å². The van der Waals surface area contributed by atoms with Gasteiger partial charge in [-0.1, -0.05) is 19.1 Å². The summed E-state index contributed by atoms with van der Waals surface area (Å²) in [7, 11) is 0. The molecule has 1 saturated heterocycles. The fourth-order valence-electron chi connectivity index (χ4n) is 2.29. The average molecular weight is 300 g/mol. The van der Waals surface area contributed by atoms with Crippen molar-refractivity contribution >= 4 is 5.91 Å². The van der Waals surface area contributed by atoms with Gasteiger partial charge in [0.1, 0.15) is 0 Å². The fourth-order valence-corrected chi connectivity index (χ4v) is 2.29. The highest BCUT2D eigenvalue weighted by Gasteiger charge is 2.32. The van der Waals surface area contributed by atoms with Crippen molar-refractivity contribution in [3.05, 3.63) is 35.4 Å². The first-order valence-corrected chi connectivity index (χ1v) is 6.97. The molecule has 1 fully saturated rings. The maximum absolute atomic E-state index is 12.7. The molecule has 0 aromatic heterocycles. The van der Waals surface area contributed by atoms with E-state index in [4.69, 9.17) is 0 Å².